The van der Waals surface area contributed by atoms with Gasteiger partial charge in [-0.25, -0.2) is 0 Å². The zero-order chi connectivity index (χ0) is 13.8. The van der Waals surface area contributed by atoms with Crippen LogP contribution in [0, 0.1) is 0 Å². The molecule has 2 aromatic rings. The number of phenolic OH excluding ortho intramolecular Hbond substituents is 2. The van der Waals surface area contributed by atoms with Gasteiger partial charge in [-0.05, 0) is 35.9 Å². The average Bonchev–Trinajstić information content (AvgIpc) is 2.41. The summed E-state index contributed by atoms with van der Waals surface area (Å²) >= 11 is 0. The highest BCUT2D eigenvalue weighted by Gasteiger charge is 2.12. The fourth-order valence-electron chi connectivity index (χ4n) is 1.68. The summed E-state index contributed by atoms with van der Waals surface area (Å²) in [5.74, 6) is -0.772. The molecular formula is C14H14N2O3. The number of aromatic hydroxyl groups is 2. The number of nitrogens with one attached hydrogen (secondary N) is 1. The van der Waals surface area contributed by atoms with Crippen molar-refractivity contribution < 1.29 is 15.0 Å². The van der Waals surface area contributed by atoms with Crippen LogP contribution in [0.25, 0.3) is 0 Å². The topological polar surface area (TPSA) is 95.6 Å². The summed E-state index contributed by atoms with van der Waals surface area (Å²) < 4.78 is 0. The van der Waals surface area contributed by atoms with Crippen LogP contribution in [0.2, 0.25) is 0 Å². The van der Waals surface area contributed by atoms with Crippen LogP contribution < -0.4 is 11.1 Å². The molecule has 0 unspecified atom stereocenters. The van der Waals surface area contributed by atoms with E-state index in [9.17, 15) is 15.0 Å². The Balaban J connectivity index is 2.23. The molecule has 0 saturated carbocycles. The van der Waals surface area contributed by atoms with Crippen molar-refractivity contribution in [1.29, 1.82) is 0 Å². The van der Waals surface area contributed by atoms with E-state index in [4.69, 9.17) is 5.73 Å². The zero-order valence-corrected chi connectivity index (χ0v) is 10.1. The van der Waals surface area contributed by atoms with Gasteiger partial charge in [-0.2, -0.15) is 0 Å². The van der Waals surface area contributed by atoms with E-state index >= 15 is 0 Å². The first-order chi connectivity index (χ1) is 9.10. The second-order valence-electron chi connectivity index (χ2n) is 4.06. The van der Waals surface area contributed by atoms with Gasteiger partial charge in [0, 0.05) is 12.2 Å². The molecule has 0 aliphatic carbocycles. The molecule has 0 aromatic heterocycles. The number of rotatable bonds is 3. The molecule has 0 aliphatic rings. The zero-order valence-electron chi connectivity index (χ0n) is 10.1. The highest BCUT2D eigenvalue weighted by Crippen LogP contribution is 2.23. The van der Waals surface area contributed by atoms with Crippen molar-refractivity contribution in [3.05, 3.63) is 53.6 Å². The van der Waals surface area contributed by atoms with Crippen molar-refractivity contribution in [2.75, 3.05) is 5.32 Å². The van der Waals surface area contributed by atoms with E-state index in [0.29, 0.717) is 12.2 Å². The maximum Gasteiger partial charge on any atom is 0.259 e. The Hall–Kier alpha value is -2.53. The molecule has 0 bridgehead atoms. The normalized spacial score (nSPS) is 10.2. The van der Waals surface area contributed by atoms with Crippen molar-refractivity contribution in [2.45, 2.75) is 6.54 Å². The van der Waals surface area contributed by atoms with Gasteiger partial charge in [0.1, 0.15) is 11.5 Å². The largest absolute Gasteiger partial charge is 0.508 e. The van der Waals surface area contributed by atoms with Crippen LogP contribution in [-0.4, -0.2) is 16.1 Å². The summed E-state index contributed by atoms with van der Waals surface area (Å²) in [6, 6.07) is 10.9. The lowest BCUT2D eigenvalue weighted by Crippen LogP contribution is -2.12. The van der Waals surface area contributed by atoms with Gasteiger partial charge >= 0.3 is 0 Å². The number of carbonyl (C=O) groups is 1. The van der Waals surface area contributed by atoms with Crippen LogP contribution in [-0.2, 0) is 6.54 Å². The smallest absolute Gasteiger partial charge is 0.259 e. The third-order valence-electron chi connectivity index (χ3n) is 2.65. The quantitative estimate of drug-likeness (QED) is 0.631. The molecule has 98 valence electrons. The van der Waals surface area contributed by atoms with E-state index in [-0.39, 0.29) is 17.1 Å². The van der Waals surface area contributed by atoms with Crippen LogP contribution in [0.3, 0.4) is 0 Å². The van der Waals surface area contributed by atoms with Crippen molar-refractivity contribution in [1.82, 2.24) is 0 Å². The summed E-state index contributed by atoms with van der Waals surface area (Å²) in [5.41, 5.74) is 7.00. The minimum atomic E-state index is -0.498. The van der Waals surface area contributed by atoms with Gasteiger partial charge in [0.15, 0.2) is 0 Å². The van der Waals surface area contributed by atoms with Gasteiger partial charge in [-0.1, -0.05) is 12.1 Å². The molecule has 2 aromatic carbocycles. The molecule has 0 fully saturated rings. The predicted molar refractivity (Wildman–Crippen MR) is 72.1 cm³/mol. The lowest BCUT2D eigenvalue weighted by Gasteiger charge is -2.08. The highest BCUT2D eigenvalue weighted by atomic mass is 16.3. The Bertz CT molecular complexity index is 611. The number of nitrogens with two attached hydrogens (primary N) is 1. The van der Waals surface area contributed by atoms with E-state index in [0.717, 1.165) is 5.56 Å². The lowest BCUT2D eigenvalue weighted by atomic mass is 10.1. The Morgan fingerprint density at radius 1 is 1.16 bits per heavy atom. The number of carbonyl (C=O) groups excluding carboxylic acids is 1. The summed E-state index contributed by atoms with van der Waals surface area (Å²) in [4.78, 5) is 12.0. The first-order valence-electron chi connectivity index (χ1n) is 5.72. The van der Waals surface area contributed by atoms with Crippen molar-refractivity contribution in [2.24, 2.45) is 5.73 Å². The molecule has 19 heavy (non-hydrogen) atoms. The first-order valence-corrected chi connectivity index (χ1v) is 5.72. The maximum atomic E-state index is 12.0. The Morgan fingerprint density at radius 3 is 2.68 bits per heavy atom. The fraction of sp³-hybridized carbons (Fsp3) is 0.0714. The SMILES string of the molecule is NCc1cccc(NC(=O)c2cc(O)ccc2O)c1. The number of phenols is 2. The Labute approximate surface area is 110 Å². The second kappa shape index (κ2) is 5.41. The van der Waals surface area contributed by atoms with Crippen molar-refractivity contribution >= 4 is 11.6 Å². The van der Waals surface area contributed by atoms with Gasteiger partial charge in [0.2, 0.25) is 0 Å². The molecule has 5 heteroatoms. The second-order valence-corrected chi connectivity index (χ2v) is 4.06. The van der Waals surface area contributed by atoms with E-state index < -0.39 is 5.91 Å². The molecule has 0 spiro atoms. The van der Waals surface area contributed by atoms with E-state index in [1.54, 1.807) is 18.2 Å². The molecule has 0 atom stereocenters. The van der Waals surface area contributed by atoms with E-state index in [1.165, 1.54) is 18.2 Å². The molecule has 0 saturated heterocycles. The highest BCUT2D eigenvalue weighted by molar-refractivity contribution is 6.06. The van der Waals surface area contributed by atoms with E-state index in [1.807, 2.05) is 6.07 Å². The van der Waals surface area contributed by atoms with Gasteiger partial charge in [-0.3, -0.25) is 4.79 Å². The lowest BCUT2D eigenvalue weighted by molar-refractivity contribution is 0.102. The fourth-order valence-corrected chi connectivity index (χ4v) is 1.68. The third kappa shape index (κ3) is 3.02. The monoisotopic (exact) mass is 258 g/mol. The number of anilines is 1. The molecule has 0 heterocycles. The summed E-state index contributed by atoms with van der Waals surface area (Å²) in [7, 11) is 0. The molecule has 0 radical (unpaired) electrons. The van der Waals surface area contributed by atoms with Gasteiger partial charge in [0.05, 0.1) is 5.56 Å². The number of benzene rings is 2. The summed E-state index contributed by atoms with van der Waals surface area (Å²) in [5, 5.41) is 21.6. The minimum absolute atomic E-state index is 0.0122. The van der Waals surface area contributed by atoms with E-state index in [2.05, 4.69) is 5.32 Å². The summed E-state index contributed by atoms with van der Waals surface area (Å²) in [6.45, 7) is 0.376. The van der Waals surface area contributed by atoms with Crippen molar-refractivity contribution in [3.8, 4) is 11.5 Å². The minimum Gasteiger partial charge on any atom is -0.508 e. The molecular weight excluding hydrogens is 244 g/mol. The average molecular weight is 258 g/mol. The Morgan fingerprint density at radius 2 is 1.95 bits per heavy atom. The number of hydrogen-bond acceptors (Lipinski definition) is 4. The van der Waals surface area contributed by atoms with Gasteiger partial charge in [0.25, 0.3) is 5.91 Å². The third-order valence-corrected chi connectivity index (χ3v) is 2.65. The number of amides is 1. The molecule has 5 N–H and O–H groups in total. The van der Waals surface area contributed by atoms with Crippen LogP contribution >= 0.6 is 0 Å². The summed E-state index contributed by atoms with van der Waals surface area (Å²) in [6.07, 6.45) is 0. The van der Waals surface area contributed by atoms with Crippen LogP contribution in [0.1, 0.15) is 15.9 Å². The Kier molecular flexibility index (Phi) is 3.68. The van der Waals surface area contributed by atoms with Crippen LogP contribution in [0.15, 0.2) is 42.5 Å². The first kappa shape index (κ1) is 12.9. The van der Waals surface area contributed by atoms with Crippen LogP contribution in [0.5, 0.6) is 11.5 Å². The molecule has 2 rings (SSSR count). The molecule has 0 aliphatic heterocycles. The standard InChI is InChI=1S/C14H14N2O3/c15-8-9-2-1-3-10(6-9)16-14(19)12-7-11(17)4-5-13(12)18/h1-7,17-18H,8,15H2,(H,16,19). The van der Waals surface area contributed by atoms with Gasteiger partial charge in [-0.15, -0.1) is 0 Å². The molecule has 5 nitrogen and oxygen atoms in total. The predicted octanol–water partition coefficient (Wildman–Crippen LogP) is 1.81. The maximum absolute atomic E-state index is 12.0. The molecule has 1 amide bonds. The van der Waals surface area contributed by atoms with Gasteiger partial charge < -0.3 is 21.3 Å². The van der Waals surface area contributed by atoms with Crippen molar-refractivity contribution in [3.63, 3.8) is 0 Å². The van der Waals surface area contributed by atoms with Crippen LogP contribution in [0.4, 0.5) is 5.69 Å². The number of hydrogen-bond donors (Lipinski definition) is 4.